The third-order valence-corrected chi connectivity index (χ3v) is 5.20. The highest BCUT2D eigenvalue weighted by atomic mass is 19.1. The number of nitrogens with zero attached hydrogens (tertiary/aromatic N) is 2. The second kappa shape index (κ2) is 9.60. The van der Waals surface area contributed by atoms with Crippen LogP contribution < -0.4 is 36.9 Å². The van der Waals surface area contributed by atoms with Crippen LogP contribution in [0.15, 0.2) is 29.2 Å². The molecule has 0 radical (unpaired) electrons. The number of aromatic nitrogens is 2. The number of anilines is 2. The number of fused-ring (bicyclic) bond motifs is 2. The zero-order chi connectivity index (χ0) is 23.5. The van der Waals surface area contributed by atoms with Crippen LogP contribution in [-0.2, 0) is 14.2 Å². The normalized spacial score (nSPS) is 23.1. The summed E-state index contributed by atoms with van der Waals surface area (Å²) in [6.07, 6.45) is -3.05. The van der Waals surface area contributed by atoms with Crippen molar-refractivity contribution in [3.8, 4) is 17.2 Å². The Balaban J connectivity index is 1.57. The second-order valence-corrected chi connectivity index (χ2v) is 7.40. The zero-order valence-corrected chi connectivity index (χ0v) is 18.1. The van der Waals surface area contributed by atoms with E-state index in [9.17, 15) is 4.79 Å². The van der Waals surface area contributed by atoms with E-state index in [-0.39, 0.29) is 30.7 Å². The van der Waals surface area contributed by atoms with Gasteiger partial charge in [-0.05, 0) is 12.1 Å². The second-order valence-electron chi connectivity index (χ2n) is 7.40. The van der Waals surface area contributed by atoms with Gasteiger partial charge in [-0.1, -0.05) is 6.07 Å². The smallest absolute Gasteiger partial charge is 0.352 e. The summed E-state index contributed by atoms with van der Waals surface area (Å²) in [5.74, 6) is 1.42. The highest BCUT2D eigenvalue weighted by Crippen LogP contribution is 2.45. The Morgan fingerprint density at radius 2 is 2.15 bits per heavy atom. The maximum absolute atomic E-state index is 15.0. The zero-order valence-electron chi connectivity index (χ0n) is 18.1. The number of ether oxygens (including phenoxy) is 5. The molecule has 0 amide bonds. The fourth-order valence-corrected chi connectivity index (χ4v) is 3.73. The lowest BCUT2D eigenvalue weighted by Gasteiger charge is -2.24. The number of rotatable bonds is 8. The summed E-state index contributed by atoms with van der Waals surface area (Å²) in [6, 6.07) is 5.20. The molecule has 3 heterocycles. The molecule has 6 N–H and O–H groups in total. The fraction of sp³-hybridized carbons (Fsp3) is 0.450. The largest absolute Gasteiger partial charge is 0.488 e. The summed E-state index contributed by atoms with van der Waals surface area (Å²) in [5, 5.41) is 3.05. The monoisotopic (exact) mass is 465 g/mol. The summed E-state index contributed by atoms with van der Waals surface area (Å²) in [7, 11) is 2.85. The molecule has 2 aliphatic rings. The van der Waals surface area contributed by atoms with Crippen molar-refractivity contribution in [2.45, 2.75) is 24.6 Å². The third kappa shape index (κ3) is 4.55. The molecule has 0 spiro atoms. The summed E-state index contributed by atoms with van der Waals surface area (Å²) < 4.78 is 43.7. The van der Waals surface area contributed by atoms with Crippen molar-refractivity contribution >= 4 is 17.5 Å². The molecular formula is C20H26FN6O6+. The van der Waals surface area contributed by atoms with Gasteiger partial charge in [-0.25, -0.2) is 9.18 Å². The van der Waals surface area contributed by atoms with Crippen LogP contribution in [-0.4, -0.2) is 67.9 Å². The molecule has 178 valence electrons. The van der Waals surface area contributed by atoms with Gasteiger partial charge >= 0.3 is 11.6 Å². The van der Waals surface area contributed by atoms with Crippen molar-refractivity contribution in [1.82, 2.24) is 9.55 Å². The van der Waals surface area contributed by atoms with E-state index in [0.29, 0.717) is 23.7 Å². The van der Waals surface area contributed by atoms with Crippen LogP contribution in [0.3, 0.4) is 0 Å². The van der Waals surface area contributed by atoms with E-state index in [1.807, 2.05) is 0 Å². The molecule has 0 saturated carbocycles. The lowest BCUT2D eigenvalue weighted by Crippen LogP contribution is -2.79. The average molecular weight is 465 g/mol. The lowest BCUT2D eigenvalue weighted by molar-refractivity contribution is -0.461. The SMILES string of the molecule is COCC1OC(n2cc3c(nc2=O)Nc2c(OCC[NH+]=C(N)N)cccc2O3)C(F)C1OC. The first-order valence-electron chi connectivity index (χ1n) is 10.2. The van der Waals surface area contributed by atoms with Crippen LogP contribution >= 0.6 is 0 Å². The van der Waals surface area contributed by atoms with E-state index < -0.39 is 30.3 Å². The Labute approximate surface area is 188 Å². The minimum Gasteiger partial charge on any atom is -0.488 e. The number of nitrogens with two attached hydrogens (primary N) is 2. The topological polar surface area (TPSA) is 159 Å². The number of para-hydroxylation sites is 1. The van der Waals surface area contributed by atoms with Gasteiger partial charge in [0.1, 0.15) is 30.3 Å². The molecule has 1 fully saturated rings. The number of nitrogens with one attached hydrogen (secondary N) is 2. The molecule has 1 aromatic carbocycles. The summed E-state index contributed by atoms with van der Waals surface area (Å²) in [4.78, 5) is 19.5. The van der Waals surface area contributed by atoms with Gasteiger partial charge in [-0.15, -0.1) is 0 Å². The van der Waals surface area contributed by atoms with Gasteiger partial charge in [-0.2, -0.15) is 4.98 Å². The quantitative estimate of drug-likeness (QED) is 0.179. The Hall–Kier alpha value is -3.42. The standard InChI is InChI=1S/C20H25FN6O6/c1-29-9-13-16(30-2)14(21)18(33-13)27-8-12-17(26-20(27)28)25-15-10(4-3-5-11(15)32-12)31-7-6-24-19(22)23/h3-5,8,13-14,16,18H,6-7,9H2,1-2H3,(H4,22,23,24)(H,25,26,28)/p+1. The molecule has 1 aromatic heterocycles. The minimum absolute atomic E-state index is 0.0941. The molecule has 2 aromatic rings. The summed E-state index contributed by atoms with van der Waals surface area (Å²) in [5.41, 5.74) is 10.5. The van der Waals surface area contributed by atoms with Crippen LogP contribution in [0, 0.1) is 0 Å². The van der Waals surface area contributed by atoms with Crippen LogP contribution in [0.25, 0.3) is 0 Å². The Bertz CT molecular complexity index is 1090. The molecule has 4 rings (SSSR count). The summed E-state index contributed by atoms with van der Waals surface area (Å²) >= 11 is 0. The van der Waals surface area contributed by atoms with Gasteiger partial charge in [0.05, 0.1) is 19.3 Å². The van der Waals surface area contributed by atoms with Gasteiger partial charge in [0.15, 0.2) is 29.7 Å². The number of alkyl halides is 1. The molecule has 4 unspecified atom stereocenters. The van der Waals surface area contributed by atoms with Gasteiger partial charge in [0.2, 0.25) is 0 Å². The van der Waals surface area contributed by atoms with Crippen LogP contribution in [0.4, 0.5) is 15.9 Å². The molecular weight excluding hydrogens is 439 g/mol. The molecule has 2 aliphatic heterocycles. The van der Waals surface area contributed by atoms with Crippen molar-refractivity contribution in [3.05, 3.63) is 34.9 Å². The van der Waals surface area contributed by atoms with Crippen molar-refractivity contribution in [2.24, 2.45) is 11.5 Å². The van der Waals surface area contributed by atoms with Gasteiger partial charge in [0.25, 0.3) is 0 Å². The maximum Gasteiger partial charge on any atom is 0.352 e. The molecule has 0 aliphatic carbocycles. The highest BCUT2D eigenvalue weighted by molar-refractivity contribution is 5.77. The first-order valence-corrected chi connectivity index (χ1v) is 10.2. The van der Waals surface area contributed by atoms with Gasteiger partial charge in [-0.3, -0.25) is 21.0 Å². The fourth-order valence-electron chi connectivity index (χ4n) is 3.73. The van der Waals surface area contributed by atoms with Crippen molar-refractivity contribution in [1.29, 1.82) is 0 Å². The highest BCUT2D eigenvalue weighted by Gasteiger charge is 2.47. The van der Waals surface area contributed by atoms with E-state index in [1.54, 1.807) is 18.2 Å². The molecule has 33 heavy (non-hydrogen) atoms. The minimum atomic E-state index is -1.61. The van der Waals surface area contributed by atoms with Gasteiger partial charge < -0.3 is 29.0 Å². The summed E-state index contributed by atoms with van der Waals surface area (Å²) in [6.45, 7) is 0.783. The average Bonchev–Trinajstić information content (AvgIpc) is 3.10. The van der Waals surface area contributed by atoms with E-state index in [2.05, 4.69) is 15.3 Å². The number of guanidine groups is 1. The maximum atomic E-state index is 15.0. The third-order valence-electron chi connectivity index (χ3n) is 5.20. The van der Waals surface area contributed by atoms with Crippen LogP contribution in [0.1, 0.15) is 6.23 Å². The Kier molecular flexibility index (Phi) is 6.62. The van der Waals surface area contributed by atoms with E-state index in [0.717, 1.165) is 4.57 Å². The number of methoxy groups -OCH3 is 2. The van der Waals surface area contributed by atoms with Crippen LogP contribution in [0.2, 0.25) is 0 Å². The van der Waals surface area contributed by atoms with E-state index in [1.165, 1.54) is 20.4 Å². The Morgan fingerprint density at radius 3 is 2.88 bits per heavy atom. The molecule has 4 atom stereocenters. The van der Waals surface area contributed by atoms with Crippen molar-refractivity contribution < 1.29 is 33.1 Å². The predicted octanol–water partition coefficient (Wildman–Crippen LogP) is -1.28. The molecule has 1 saturated heterocycles. The van der Waals surface area contributed by atoms with Gasteiger partial charge in [0, 0.05) is 14.2 Å². The molecule has 0 bridgehead atoms. The number of hydrogen-bond acceptors (Lipinski definition) is 8. The Morgan fingerprint density at radius 1 is 1.33 bits per heavy atom. The molecule has 13 heteroatoms. The first kappa shape index (κ1) is 22.8. The predicted molar refractivity (Wildman–Crippen MR) is 114 cm³/mol. The van der Waals surface area contributed by atoms with E-state index in [4.69, 9.17) is 35.2 Å². The van der Waals surface area contributed by atoms with E-state index >= 15 is 4.39 Å². The van der Waals surface area contributed by atoms with Crippen molar-refractivity contribution in [2.75, 3.05) is 39.3 Å². The molecule has 12 nitrogen and oxygen atoms in total. The first-order chi connectivity index (χ1) is 15.9. The number of halogens is 1. The number of hydrogen-bond donors (Lipinski definition) is 4. The van der Waals surface area contributed by atoms with Crippen LogP contribution in [0.5, 0.6) is 17.2 Å². The lowest BCUT2D eigenvalue weighted by atomic mass is 10.1. The van der Waals surface area contributed by atoms with Crippen molar-refractivity contribution in [3.63, 3.8) is 0 Å². The number of benzene rings is 1.